The second-order valence-electron chi connectivity index (χ2n) is 3.84. The summed E-state index contributed by atoms with van der Waals surface area (Å²) in [6, 6.07) is 3.09. The van der Waals surface area contributed by atoms with Crippen LogP contribution in [0.1, 0.15) is 18.2 Å². The van der Waals surface area contributed by atoms with E-state index in [1.165, 1.54) is 12.3 Å². The fourth-order valence-electron chi connectivity index (χ4n) is 1.20. The molecule has 0 atom stereocenters. The number of nitrogens with two attached hydrogens (primary N) is 2. The van der Waals surface area contributed by atoms with E-state index in [1.807, 2.05) is 0 Å². The Labute approximate surface area is 93.0 Å². The molecule has 0 saturated carbocycles. The second-order valence-corrected chi connectivity index (χ2v) is 3.84. The number of rotatable bonds is 4. The smallest absolute Gasteiger partial charge is 0.281 e. The third-order valence-electron chi connectivity index (χ3n) is 2.36. The molecule has 0 aromatic carbocycles. The van der Waals surface area contributed by atoms with E-state index in [1.54, 1.807) is 13.1 Å². The van der Waals surface area contributed by atoms with Crippen LogP contribution < -0.4 is 16.8 Å². The Bertz CT molecular complexity index is 343. The first-order valence-electron chi connectivity index (χ1n) is 4.84. The van der Waals surface area contributed by atoms with E-state index in [0.717, 1.165) is 5.56 Å². The number of hydrogen-bond donors (Lipinski definition) is 3. The lowest BCUT2D eigenvalue weighted by Crippen LogP contribution is -2.59. The molecule has 0 radical (unpaired) electrons. The summed E-state index contributed by atoms with van der Waals surface area (Å²) in [7, 11) is 1.78. The summed E-state index contributed by atoms with van der Waals surface area (Å²) in [6.07, 6.45) is 1.48. The normalized spacial score (nSPS) is 12.9. The summed E-state index contributed by atoms with van der Waals surface area (Å²) >= 11 is 0. The van der Waals surface area contributed by atoms with E-state index >= 15 is 0 Å². The monoisotopic (exact) mass is 230 g/mol. The van der Waals surface area contributed by atoms with E-state index in [2.05, 4.69) is 10.3 Å². The minimum atomic E-state index is -3.23. The van der Waals surface area contributed by atoms with Crippen molar-refractivity contribution in [2.45, 2.75) is 25.1 Å². The van der Waals surface area contributed by atoms with Gasteiger partial charge in [-0.15, -0.1) is 0 Å². The molecule has 1 heterocycles. The van der Waals surface area contributed by atoms with Crippen molar-refractivity contribution in [2.24, 2.45) is 11.5 Å². The molecule has 4 nitrogen and oxygen atoms in total. The van der Waals surface area contributed by atoms with Gasteiger partial charge in [0.25, 0.3) is 5.92 Å². The van der Waals surface area contributed by atoms with Crippen LogP contribution in [-0.2, 0) is 12.2 Å². The van der Waals surface area contributed by atoms with Crippen LogP contribution in [0.4, 0.5) is 8.78 Å². The van der Waals surface area contributed by atoms with Gasteiger partial charge in [0, 0.05) is 19.7 Å². The zero-order chi connectivity index (χ0) is 12.4. The predicted octanol–water partition coefficient (Wildman–Crippen LogP) is 0.526. The molecule has 0 bridgehead atoms. The van der Waals surface area contributed by atoms with Gasteiger partial charge < -0.3 is 16.8 Å². The summed E-state index contributed by atoms with van der Waals surface area (Å²) in [5.41, 5.74) is 9.38. The maximum Gasteiger partial charge on any atom is 0.281 e. The molecule has 1 rings (SSSR count). The molecule has 6 heteroatoms. The van der Waals surface area contributed by atoms with E-state index in [4.69, 9.17) is 11.5 Å². The number of nitrogens with zero attached hydrogens (tertiary/aromatic N) is 1. The molecule has 0 unspecified atom stereocenters. The summed E-state index contributed by atoms with van der Waals surface area (Å²) < 4.78 is 26.3. The van der Waals surface area contributed by atoms with Crippen molar-refractivity contribution in [3.8, 4) is 0 Å². The molecule has 0 aliphatic carbocycles. The topological polar surface area (TPSA) is 77.0 Å². The minimum absolute atomic E-state index is 0.0279. The Morgan fingerprint density at radius 2 is 2.00 bits per heavy atom. The number of nitrogens with one attached hydrogen (secondary N) is 1. The van der Waals surface area contributed by atoms with Crippen molar-refractivity contribution >= 4 is 0 Å². The van der Waals surface area contributed by atoms with Crippen molar-refractivity contribution in [3.63, 3.8) is 0 Å². The maximum absolute atomic E-state index is 13.1. The number of pyridine rings is 1. The molecule has 0 aliphatic heterocycles. The number of halogens is 2. The fourth-order valence-corrected chi connectivity index (χ4v) is 1.20. The highest BCUT2D eigenvalue weighted by Gasteiger charge is 2.46. The molecule has 0 fully saturated rings. The lowest BCUT2D eigenvalue weighted by atomic mass is 10.0. The highest BCUT2D eigenvalue weighted by Crippen LogP contribution is 2.29. The molecule has 0 spiro atoms. The van der Waals surface area contributed by atoms with Crippen LogP contribution >= 0.6 is 0 Å². The fraction of sp³-hybridized carbons (Fsp3) is 0.500. The summed E-state index contributed by atoms with van der Waals surface area (Å²) in [5.74, 6) is -3.23. The first-order chi connectivity index (χ1) is 7.29. The average molecular weight is 230 g/mol. The van der Waals surface area contributed by atoms with Crippen LogP contribution in [0.25, 0.3) is 0 Å². The number of hydrogen-bond acceptors (Lipinski definition) is 4. The van der Waals surface area contributed by atoms with Crippen LogP contribution in [0.2, 0.25) is 0 Å². The second kappa shape index (κ2) is 4.40. The van der Waals surface area contributed by atoms with Crippen LogP contribution in [0.15, 0.2) is 18.3 Å². The minimum Gasteiger partial charge on any atom is -0.316 e. The molecule has 16 heavy (non-hydrogen) atoms. The van der Waals surface area contributed by atoms with Gasteiger partial charge in [0.05, 0.1) is 5.69 Å². The SMILES string of the molecule is CNCc1ccc(C(N)(N)C(C)(F)F)nc1. The van der Waals surface area contributed by atoms with Gasteiger partial charge in [-0.3, -0.25) is 4.98 Å². The Balaban J connectivity index is 2.97. The molecular formula is C10H16F2N4. The standard InChI is InChI=1S/C10H16F2N4/c1-9(11,12)10(13,14)8-4-3-7(5-15-2)6-16-8/h3-4,6,15H,5,13-14H2,1-2H3. The lowest BCUT2D eigenvalue weighted by molar-refractivity contribution is -0.0597. The third kappa shape index (κ3) is 2.52. The van der Waals surface area contributed by atoms with Crippen molar-refractivity contribution < 1.29 is 8.78 Å². The molecule has 90 valence electrons. The predicted molar refractivity (Wildman–Crippen MR) is 57.7 cm³/mol. The molecule has 0 aliphatic rings. The molecule has 1 aromatic rings. The summed E-state index contributed by atoms with van der Waals surface area (Å²) in [6.45, 7) is 1.29. The first kappa shape index (κ1) is 13.0. The van der Waals surface area contributed by atoms with E-state index in [-0.39, 0.29) is 5.69 Å². The van der Waals surface area contributed by atoms with Gasteiger partial charge in [-0.25, -0.2) is 8.78 Å². The maximum atomic E-state index is 13.1. The Morgan fingerprint density at radius 1 is 1.38 bits per heavy atom. The molecular weight excluding hydrogens is 214 g/mol. The molecule has 0 saturated heterocycles. The Morgan fingerprint density at radius 3 is 2.38 bits per heavy atom. The van der Waals surface area contributed by atoms with Crippen molar-refractivity contribution in [2.75, 3.05) is 7.05 Å². The molecule has 1 aromatic heterocycles. The Kier molecular flexibility index (Phi) is 3.57. The molecule has 0 amide bonds. The van der Waals surface area contributed by atoms with Gasteiger partial charge in [-0.1, -0.05) is 6.07 Å². The zero-order valence-electron chi connectivity index (χ0n) is 9.30. The van der Waals surface area contributed by atoms with Crippen molar-refractivity contribution in [1.82, 2.24) is 10.3 Å². The van der Waals surface area contributed by atoms with Crippen LogP contribution in [-0.4, -0.2) is 18.0 Å². The summed E-state index contributed by atoms with van der Waals surface area (Å²) in [4.78, 5) is 3.87. The van der Waals surface area contributed by atoms with Crippen LogP contribution in [0, 0.1) is 0 Å². The van der Waals surface area contributed by atoms with Crippen molar-refractivity contribution in [3.05, 3.63) is 29.6 Å². The van der Waals surface area contributed by atoms with Gasteiger partial charge in [0.15, 0.2) is 5.66 Å². The van der Waals surface area contributed by atoms with Crippen LogP contribution in [0.3, 0.4) is 0 Å². The van der Waals surface area contributed by atoms with Gasteiger partial charge >= 0.3 is 0 Å². The van der Waals surface area contributed by atoms with E-state index < -0.39 is 11.6 Å². The van der Waals surface area contributed by atoms with Crippen LogP contribution in [0.5, 0.6) is 0 Å². The average Bonchev–Trinajstić information content (AvgIpc) is 2.17. The first-order valence-corrected chi connectivity index (χ1v) is 4.84. The molecule has 5 N–H and O–H groups in total. The largest absolute Gasteiger partial charge is 0.316 e. The zero-order valence-corrected chi connectivity index (χ0v) is 9.30. The van der Waals surface area contributed by atoms with E-state index in [0.29, 0.717) is 13.5 Å². The summed E-state index contributed by atoms with van der Waals surface area (Å²) in [5, 5.41) is 2.92. The van der Waals surface area contributed by atoms with E-state index in [9.17, 15) is 8.78 Å². The highest BCUT2D eigenvalue weighted by molar-refractivity contribution is 5.21. The van der Waals surface area contributed by atoms with Gasteiger partial charge in [-0.2, -0.15) is 0 Å². The number of aromatic nitrogens is 1. The highest BCUT2D eigenvalue weighted by atomic mass is 19.3. The lowest BCUT2D eigenvalue weighted by Gasteiger charge is -2.30. The third-order valence-corrected chi connectivity index (χ3v) is 2.36. The van der Waals surface area contributed by atoms with Gasteiger partial charge in [-0.05, 0) is 18.7 Å². The van der Waals surface area contributed by atoms with Crippen molar-refractivity contribution in [1.29, 1.82) is 0 Å². The quantitative estimate of drug-likeness (QED) is 0.659. The van der Waals surface area contributed by atoms with Gasteiger partial charge in [0.2, 0.25) is 0 Å². The number of alkyl halides is 2. The van der Waals surface area contributed by atoms with Gasteiger partial charge in [0.1, 0.15) is 0 Å². The Hall–Kier alpha value is -1.11.